The molecule has 1 atom stereocenters. The van der Waals surface area contributed by atoms with Crippen molar-refractivity contribution < 1.29 is 32.8 Å². The van der Waals surface area contributed by atoms with Gasteiger partial charge in [0.25, 0.3) is 5.91 Å². The van der Waals surface area contributed by atoms with Crippen LogP contribution in [-0.4, -0.2) is 26.7 Å². The van der Waals surface area contributed by atoms with E-state index < -0.39 is 23.7 Å². The van der Waals surface area contributed by atoms with Gasteiger partial charge in [-0.25, -0.2) is 0 Å². The molecular formula is C25H25ClF3N2O3+. The standard InChI is InChI=1S/C25H24ClF3N2O3/c1-33-21-11-8-16(14-22(21)34-2)12-13-30-23(17-6-4-3-5-7-17)24(32)31-20-15-18(25(27,28)29)9-10-19(20)26/h3-11,14-15,23,30H,12-13H2,1-2H3,(H,31,32)/p+1/t23-/m0/s1. The summed E-state index contributed by atoms with van der Waals surface area (Å²) in [6, 6.07) is 16.8. The predicted octanol–water partition coefficient (Wildman–Crippen LogP) is 4.86. The minimum atomic E-state index is -4.55. The molecule has 0 saturated heterocycles. The molecule has 3 aromatic carbocycles. The zero-order valence-electron chi connectivity index (χ0n) is 18.7. The molecule has 34 heavy (non-hydrogen) atoms. The van der Waals surface area contributed by atoms with Crippen molar-refractivity contribution in [3.05, 3.63) is 88.4 Å². The third-order valence-corrected chi connectivity index (χ3v) is 5.61. The summed E-state index contributed by atoms with van der Waals surface area (Å²) < 4.78 is 49.9. The zero-order chi connectivity index (χ0) is 24.7. The minimum Gasteiger partial charge on any atom is -0.493 e. The van der Waals surface area contributed by atoms with E-state index in [-0.39, 0.29) is 10.7 Å². The average Bonchev–Trinajstić information content (AvgIpc) is 2.82. The Morgan fingerprint density at radius 1 is 1.00 bits per heavy atom. The fourth-order valence-electron chi connectivity index (χ4n) is 3.52. The van der Waals surface area contributed by atoms with Gasteiger partial charge in [-0.1, -0.05) is 48.0 Å². The number of nitrogens with one attached hydrogen (secondary N) is 1. The lowest BCUT2D eigenvalue weighted by atomic mass is 10.0. The highest BCUT2D eigenvalue weighted by Gasteiger charge is 2.32. The van der Waals surface area contributed by atoms with E-state index in [9.17, 15) is 18.0 Å². The molecule has 0 fully saturated rings. The summed E-state index contributed by atoms with van der Waals surface area (Å²) in [5, 5.41) is 4.43. The number of halogens is 4. The van der Waals surface area contributed by atoms with Crippen LogP contribution in [0.25, 0.3) is 0 Å². The van der Waals surface area contributed by atoms with Crippen molar-refractivity contribution in [1.29, 1.82) is 0 Å². The number of benzene rings is 3. The third-order valence-electron chi connectivity index (χ3n) is 5.28. The lowest BCUT2D eigenvalue weighted by molar-refractivity contribution is -0.682. The summed E-state index contributed by atoms with van der Waals surface area (Å²) in [5.74, 6) is 0.756. The number of quaternary nitrogens is 1. The summed E-state index contributed by atoms with van der Waals surface area (Å²) in [6.07, 6.45) is -3.92. The molecule has 0 aliphatic heterocycles. The van der Waals surface area contributed by atoms with Gasteiger partial charge in [0, 0.05) is 12.0 Å². The molecule has 3 N–H and O–H groups in total. The highest BCUT2D eigenvalue weighted by molar-refractivity contribution is 6.33. The first-order chi connectivity index (χ1) is 16.2. The summed E-state index contributed by atoms with van der Waals surface area (Å²) in [6.45, 7) is 0.540. The maximum Gasteiger partial charge on any atom is 0.416 e. The Hall–Kier alpha value is -3.23. The number of carbonyl (C=O) groups excluding carboxylic acids is 1. The molecule has 0 heterocycles. The Kier molecular flexibility index (Phi) is 8.41. The number of hydrogen-bond donors (Lipinski definition) is 2. The second-order valence-corrected chi connectivity index (χ2v) is 7.94. The first kappa shape index (κ1) is 25.4. The lowest BCUT2D eigenvalue weighted by Gasteiger charge is -2.18. The zero-order valence-corrected chi connectivity index (χ0v) is 19.4. The van der Waals surface area contributed by atoms with E-state index in [0.29, 0.717) is 24.5 Å². The van der Waals surface area contributed by atoms with Crippen LogP contribution in [0.4, 0.5) is 18.9 Å². The topological polar surface area (TPSA) is 64.2 Å². The van der Waals surface area contributed by atoms with Crippen molar-refractivity contribution in [3.8, 4) is 11.5 Å². The van der Waals surface area contributed by atoms with Gasteiger partial charge in [-0.3, -0.25) is 4.79 Å². The first-order valence-electron chi connectivity index (χ1n) is 10.5. The number of carbonyl (C=O) groups is 1. The number of methoxy groups -OCH3 is 2. The van der Waals surface area contributed by atoms with Crippen LogP contribution in [0.5, 0.6) is 11.5 Å². The monoisotopic (exact) mass is 493 g/mol. The summed E-state index contributed by atoms with van der Waals surface area (Å²) >= 11 is 6.06. The molecule has 0 aliphatic carbocycles. The van der Waals surface area contributed by atoms with E-state index in [1.54, 1.807) is 38.5 Å². The minimum absolute atomic E-state index is 0.0264. The molecular weight excluding hydrogens is 469 g/mol. The number of hydrogen-bond acceptors (Lipinski definition) is 3. The quantitative estimate of drug-likeness (QED) is 0.447. The molecule has 1 amide bonds. The van der Waals surface area contributed by atoms with Crippen LogP contribution in [0.3, 0.4) is 0 Å². The van der Waals surface area contributed by atoms with Gasteiger partial charge in [0.05, 0.1) is 37.0 Å². The van der Waals surface area contributed by atoms with Crippen molar-refractivity contribution >= 4 is 23.2 Å². The van der Waals surface area contributed by atoms with Crippen molar-refractivity contribution in [3.63, 3.8) is 0 Å². The number of alkyl halides is 3. The van der Waals surface area contributed by atoms with Crippen LogP contribution in [0.15, 0.2) is 66.7 Å². The van der Waals surface area contributed by atoms with E-state index in [2.05, 4.69) is 5.32 Å². The average molecular weight is 494 g/mol. The maximum absolute atomic E-state index is 13.1. The van der Waals surface area contributed by atoms with Crippen molar-refractivity contribution in [1.82, 2.24) is 0 Å². The second-order valence-electron chi connectivity index (χ2n) is 7.53. The largest absolute Gasteiger partial charge is 0.493 e. The number of amides is 1. The Morgan fingerprint density at radius 3 is 2.35 bits per heavy atom. The Bertz CT molecular complexity index is 1120. The van der Waals surface area contributed by atoms with Crippen molar-refractivity contribution in [2.75, 3.05) is 26.1 Å². The van der Waals surface area contributed by atoms with E-state index >= 15 is 0 Å². The van der Waals surface area contributed by atoms with Gasteiger partial charge in [-0.05, 0) is 35.9 Å². The number of nitrogens with two attached hydrogens (primary N) is 1. The normalized spacial score (nSPS) is 12.2. The van der Waals surface area contributed by atoms with Crippen LogP contribution in [-0.2, 0) is 17.4 Å². The van der Waals surface area contributed by atoms with Crippen molar-refractivity contribution in [2.45, 2.75) is 18.6 Å². The van der Waals surface area contributed by atoms with E-state index in [1.165, 1.54) is 0 Å². The molecule has 0 spiro atoms. The van der Waals surface area contributed by atoms with Crippen LogP contribution < -0.4 is 20.1 Å². The van der Waals surface area contributed by atoms with Gasteiger partial charge in [-0.15, -0.1) is 0 Å². The van der Waals surface area contributed by atoms with Crippen LogP contribution in [0, 0.1) is 0 Å². The van der Waals surface area contributed by atoms with Gasteiger partial charge < -0.3 is 20.1 Å². The maximum atomic E-state index is 13.1. The highest BCUT2D eigenvalue weighted by atomic mass is 35.5. The molecule has 0 unspecified atom stereocenters. The molecule has 180 valence electrons. The lowest BCUT2D eigenvalue weighted by Crippen LogP contribution is -2.87. The summed E-state index contributed by atoms with van der Waals surface area (Å²) in [4.78, 5) is 13.1. The molecule has 0 bridgehead atoms. The van der Waals surface area contributed by atoms with Crippen LogP contribution in [0.2, 0.25) is 5.02 Å². The molecule has 3 rings (SSSR count). The summed E-state index contributed by atoms with van der Waals surface area (Å²) in [7, 11) is 3.12. The molecule has 0 saturated carbocycles. The Morgan fingerprint density at radius 2 is 1.71 bits per heavy atom. The fraction of sp³-hybridized carbons (Fsp3) is 0.240. The van der Waals surface area contributed by atoms with Crippen molar-refractivity contribution in [2.24, 2.45) is 0 Å². The van der Waals surface area contributed by atoms with E-state index in [0.717, 1.165) is 29.3 Å². The van der Waals surface area contributed by atoms with Crippen LogP contribution in [0.1, 0.15) is 22.7 Å². The number of anilines is 1. The molecule has 5 nitrogen and oxygen atoms in total. The molecule has 0 aliphatic rings. The third kappa shape index (κ3) is 6.42. The van der Waals surface area contributed by atoms with E-state index in [4.69, 9.17) is 21.1 Å². The molecule has 0 radical (unpaired) electrons. The van der Waals surface area contributed by atoms with Gasteiger partial charge in [0.1, 0.15) is 0 Å². The number of ether oxygens (including phenoxy) is 2. The van der Waals surface area contributed by atoms with Crippen LogP contribution >= 0.6 is 11.6 Å². The fourth-order valence-corrected chi connectivity index (χ4v) is 3.68. The molecule has 0 aromatic heterocycles. The van der Waals surface area contributed by atoms with E-state index in [1.807, 2.05) is 29.6 Å². The number of rotatable bonds is 9. The highest BCUT2D eigenvalue weighted by Crippen LogP contribution is 2.34. The smallest absolute Gasteiger partial charge is 0.416 e. The SMILES string of the molecule is COc1ccc(CC[NH2+][C@H](C(=O)Nc2cc(C(F)(F)F)ccc2Cl)c2ccccc2)cc1OC. The Balaban J connectivity index is 1.76. The van der Waals surface area contributed by atoms with Gasteiger partial charge in [0.15, 0.2) is 17.5 Å². The Labute approximate surface area is 200 Å². The first-order valence-corrected chi connectivity index (χ1v) is 10.9. The van der Waals surface area contributed by atoms with Gasteiger partial charge in [-0.2, -0.15) is 13.2 Å². The molecule has 9 heteroatoms. The second kappa shape index (κ2) is 11.3. The molecule has 3 aromatic rings. The van der Waals surface area contributed by atoms with Gasteiger partial charge >= 0.3 is 6.18 Å². The van der Waals surface area contributed by atoms with Gasteiger partial charge in [0.2, 0.25) is 0 Å². The predicted molar refractivity (Wildman–Crippen MR) is 124 cm³/mol. The summed E-state index contributed by atoms with van der Waals surface area (Å²) in [5.41, 5.74) is 0.731.